The zero-order valence-electron chi connectivity index (χ0n) is 12.0. The summed E-state index contributed by atoms with van der Waals surface area (Å²) in [6.45, 7) is 2.68. The number of aromatic nitrogens is 2. The number of benzene rings is 1. The fourth-order valence-electron chi connectivity index (χ4n) is 2.63. The molecular weight excluding hydrogens is 286 g/mol. The predicted molar refractivity (Wildman–Crippen MR) is 82.7 cm³/mol. The summed E-state index contributed by atoms with van der Waals surface area (Å²) in [5, 5.41) is 10.5. The van der Waals surface area contributed by atoms with Gasteiger partial charge in [-0.2, -0.15) is 5.10 Å². The Kier molecular flexibility index (Phi) is 3.82. The van der Waals surface area contributed by atoms with Crippen LogP contribution in [0.3, 0.4) is 0 Å². The van der Waals surface area contributed by atoms with E-state index in [4.69, 9.17) is 0 Å². The number of aromatic amines is 1. The molecule has 0 bridgehead atoms. The van der Waals surface area contributed by atoms with Crippen molar-refractivity contribution in [1.29, 1.82) is 0 Å². The molecule has 0 amide bonds. The SMILES string of the molecule is Cc1ccc(-c2[nH]ncc2CN[C@H]2CCS(=O)(=O)C2)cc1. The lowest BCUT2D eigenvalue weighted by Gasteiger charge is -2.10. The maximum absolute atomic E-state index is 11.5. The fourth-order valence-corrected chi connectivity index (χ4v) is 4.33. The quantitative estimate of drug-likeness (QED) is 0.901. The highest BCUT2D eigenvalue weighted by Crippen LogP contribution is 2.22. The average molecular weight is 305 g/mol. The van der Waals surface area contributed by atoms with E-state index < -0.39 is 9.84 Å². The summed E-state index contributed by atoms with van der Waals surface area (Å²) in [6.07, 6.45) is 2.49. The van der Waals surface area contributed by atoms with Crippen molar-refractivity contribution in [2.24, 2.45) is 0 Å². The van der Waals surface area contributed by atoms with Crippen molar-refractivity contribution in [2.45, 2.75) is 25.9 Å². The topological polar surface area (TPSA) is 74.8 Å². The summed E-state index contributed by atoms with van der Waals surface area (Å²) in [4.78, 5) is 0. The highest BCUT2D eigenvalue weighted by molar-refractivity contribution is 7.91. The van der Waals surface area contributed by atoms with E-state index in [1.54, 1.807) is 6.20 Å². The second-order valence-corrected chi connectivity index (χ2v) is 7.85. The molecule has 21 heavy (non-hydrogen) atoms. The van der Waals surface area contributed by atoms with Crippen LogP contribution in [0.25, 0.3) is 11.3 Å². The average Bonchev–Trinajstić information content (AvgIpc) is 3.03. The monoisotopic (exact) mass is 305 g/mol. The summed E-state index contributed by atoms with van der Waals surface area (Å²) in [7, 11) is -2.84. The van der Waals surface area contributed by atoms with Crippen LogP contribution in [0, 0.1) is 6.92 Å². The Bertz CT molecular complexity index is 720. The van der Waals surface area contributed by atoms with E-state index in [2.05, 4.69) is 46.7 Å². The summed E-state index contributed by atoms with van der Waals surface area (Å²) >= 11 is 0. The van der Waals surface area contributed by atoms with E-state index >= 15 is 0 Å². The minimum Gasteiger partial charge on any atom is -0.309 e. The molecule has 0 spiro atoms. The second kappa shape index (κ2) is 5.61. The Morgan fingerprint density at radius 1 is 1.33 bits per heavy atom. The third-order valence-corrected chi connectivity index (χ3v) is 5.64. The van der Waals surface area contributed by atoms with Gasteiger partial charge in [-0.1, -0.05) is 29.8 Å². The first-order valence-corrected chi connectivity index (χ1v) is 8.89. The molecule has 1 atom stereocenters. The van der Waals surface area contributed by atoms with Crippen LogP contribution in [-0.4, -0.2) is 36.2 Å². The van der Waals surface area contributed by atoms with E-state index in [9.17, 15) is 8.42 Å². The molecule has 2 aromatic rings. The number of aryl methyl sites for hydroxylation is 1. The number of sulfone groups is 1. The normalized spacial score (nSPS) is 20.7. The Morgan fingerprint density at radius 2 is 2.10 bits per heavy atom. The number of nitrogens with zero attached hydrogens (tertiary/aromatic N) is 1. The van der Waals surface area contributed by atoms with Crippen LogP contribution in [0.5, 0.6) is 0 Å². The van der Waals surface area contributed by atoms with E-state index in [1.165, 1.54) is 5.56 Å². The molecule has 0 radical (unpaired) electrons. The van der Waals surface area contributed by atoms with Crippen molar-refractivity contribution >= 4 is 9.84 Å². The third-order valence-electron chi connectivity index (χ3n) is 3.87. The molecule has 1 aromatic heterocycles. The lowest BCUT2D eigenvalue weighted by Crippen LogP contribution is -2.29. The van der Waals surface area contributed by atoms with E-state index in [0.29, 0.717) is 18.7 Å². The van der Waals surface area contributed by atoms with Crippen molar-refractivity contribution in [3.05, 3.63) is 41.6 Å². The van der Waals surface area contributed by atoms with Crippen molar-refractivity contribution in [3.63, 3.8) is 0 Å². The van der Waals surface area contributed by atoms with Crippen LogP contribution >= 0.6 is 0 Å². The molecule has 3 rings (SSSR count). The van der Waals surface area contributed by atoms with Gasteiger partial charge in [0.15, 0.2) is 9.84 Å². The lowest BCUT2D eigenvalue weighted by atomic mass is 10.1. The molecule has 2 heterocycles. The highest BCUT2D eigenvalue weighted by atomic mass is 32.2. The molecule has 1 fully saturated rings. The molecule has 1 aliphatic rings. The Labute approximate surface area is 124 Å². The van der Waals surface area contributed by atoms with Crippen LogP contribution in [0.15, 0.2) is 30.5 Å². The molecule has 6 heteroatoms. The first-order valence-electron chi connectivity index (χ1n) is 7.06. The van der Waals surface area contributed by atoms with Crippen molar-refractivity contribution in [3.8, 4) is 11.3 Å². The maximum Gasteiger partial charge on any atom is 0.151 e. The molecule has 2 N–H and O–H groups in total. The standard InChI is InChI=1S/C15H19N3O2S/c1-11-2-4-12(5-3-11)15-13(9-17-18-15)8-16-14-6-7-21(19,20)10-14/h2-5,9,14,16H,6-8,10H2,1H3,(H,17,18)/t14-/m0/s1. The number of H-pyrrole nitrogens is 1. The number of nitrogens with one attached hydrogen (secondary N) is 2. The second-order valence-electron chi connectivity index (χ2n) is 5.62. The third kappa shape index (κ3) is 3.33. The molecule has 1 aliphatic heterocycles. The molecule has 1 aromatic carbocycles. The van der Waals surface area contributed by atoms with Gasteiger partial charge >= 0.3 is 0 Å². The molecule has 112 valence electrons. The first kappa shape index (κ1) is 14.3. The van der Waals surface area contributed by atoms with Gasteiger partial charge in [-0.3, -0.25) is 5.10 Å². The van der Waals surface area contributed by atoms with Gasteiger partial charge in [0.25, 0.3) is 0 Å². The highest BCUT2D eigenvalue weighted by Gasteiger charge is 2.27. The van der Waals surface area contributed by atoms with Gasteiger partial charge in [0, 0.05) is 18.2 Å². The predicted octanol–water partition coefficient (Wildman–Crippen LogP) is 1.66. The van der Waals surface area contributed by atoms with Crippen molar-refractivity contribution in [2.75, 3.05) is 11.5 Å². The molecule has 5 nitrogen and oxygen atoms in total. The summed E-state index contributed by atoms with van der Waals surface area (Å²) in [5.41, 5.74) is 4.36. The van der Waals surface area contributed by atoms with Gasteiger partial charge in [0.1, 0.15) is 0 Å². The van der Waals surface area contributed by atoms with Gasteiger partial charge in [-0.05, 0) is 18.9 Å². The van der Waals surface area contributed by atoms with Crippen LogP contribution in [0.2, 0.25) is 0 Å². The van der Waals surface area contributed by atoms with Crippen LogP contribution in [0.1, 0.15) is 17.5 Å². The maximum atomic E-state index is 11.5. The minimum atomic E-state index is -2.84. The molecule has 1 saturated heterocycles. The van der Waals surface area contributed by atoms with Crippen LogP contribution < -0.4 is 5.32 Å². The molecular formula is C15H19N3O2S. The summed E-state index contributed by atoms with van der Waals surface area (Å²) in [5.74, 6) is 0.533. The smallest absolute Gasteiger partial charge is 0.151 e. The van der Waals surface area contributed by atoms with Crippen molar-refractivity contribution < 1.29 is 8.42 Å². The van der Waals surface area contributed by atoms with Gasteiger partial charge < -0.3 is 5.32 Å². The van der Waals surface area contributed by atoms with Crippen molar-refractivity contribution in [1.82, 2.24) is 15.5 Å². The molecule has 0 aliphatic carbocycles. The minimum absolute atomic E-state index is 0.0516. The number of rotatable bonds is 4. The van der Waals surface area contributed by atoms with Gasteiger partial charge in [-0.15, -0.1) is 0 Å². The fraction of sp³-hybridized carbons (Fsp3) is 0.400. The Hall–Kier alpha value is -1.66. The van der Waals surface area contributed by atoms with E-state index in [-0.39, 0.29) is 11.8 Å². The van der Waals surface area contributed by atoms with Crippen LogP contribution in [-0.2, 0) is 16.4 Å². The Balaban J connectivity index is 1.70. The van der Waals surface area contributed by atoms with Gasteiger partial charge in [0.2, 0.25) is 0 Å². The van der Waals surface area contributed by atoms with E-state index in [0.717, 1.165) is 16.8 Å². The summed E-state index contributed by atoms with van der Waals surface area (Å²) < 4.78 is 22.9. The Morgan fingerprint density at radius 3 is 2.76 bits per heavy atom. The van der Waals surface area contributed by atoms with Crippen LogP contribution in [0.4, 0.5) is 0 Å². The van der Waals surface area contributed by atoms with Gasteiger partial charge in [-0.25, -0.2) is 8.42 Å². The number of hydrogen-bond donors (Lipinski definition) is 2. The van der Waals surface area contributed by atoms with Gasteiger partial charge in [0.05, 0.1) is 23.4 Å². The zero-order valence-corrected chi connectivity index (χ0v) is 12.8. The number of hydrogen-bond acceptors (Lipinski definition) is 4. The first-order chi connectivity index (χ1) is 10.0. The largest absolute Gasteiger partial charge is 0.309 e. The zero-order chi connectivity index (χ0) is 14.9. The van der Waals surface area contributed by atoms with E-state index in [1.807, 2.05) is 0 Å². The molecule has 0 unspecified atom stereocenters. The lowest BCUT2D eigenvalue weighted by molar-refractivity contribution is 0.554. The molecule has 0 saturated carbocycles. The summed E-state index contributed by atoms with van der Waals surface area (Å²) in [6, 6.07) is 8.31.